The second kappa shape index (κ2) is 13.1. The quantitative estimate of drug-likeness (QED) is 0.255. The summed E-state index contributed by atoms with van der Waals surface area (Å²) >= 11 is 1.37. The third-order valence-corrected chi connectivity index (χ3v) is 7.94. The first-order valence-electron chi connectivity index (χ1n) is 13.4. The SMILES string of the molecule is CC1=C(C(=O)OCc2ccccc2)C(c2ccc([N+](=O)[O-])cc2)N2C(CC(=O)NCCN3CCOCC3)=CSC2=N1. The summed E-state index contributed by atoms with van der Waals surface area (Å²) in [6, 6.07) is 14.8. The summed E-state index contributed by atoms with van der Waals surface area (Å²) in [6.07, 6.45) is 0.0873. The summed E-state index contributed by atoms with van der Waals surface area (Å²) in [5.74, 6) is -0.683. The molecule has 1 amide bonds. The van der Waals surface area contributed by atoms with E-state index in [1.165, 1.54) is 23.9 Å². The highest BCUT2D eigenvalue weighted by Crippen LogP contribution is 2.45. The van der Waals surface area contributed by atoms with Gasteiger partial charge in [0.1, 0.15) is 6.61 Å². The Morgan fingerprint density at radius 3 is 2.59 bits per heavy atom. The van der Waals surface area contributed by atoms with E-state index < -0.39 is 16.9 Å². The number of allylic oxidation sites excluding steroid dienone is 1. The lowest BCUT2D eigenvalue weighted by molar-refractivity contribution is -0.384. The zero-order valence-electron chi connectivity index (χ0n) is 22.7. The zero-order chi connectivity index (χ0) is 28.8. The minimum atomic E-state index is -0.672. The lowest BCUT2D eigenvalue weighted by Crippen LogP contribution is -2.42. The Kier molecular flexibility index (Phi) is 9.12. The molecule has 0 bridgehead atoms. The van der Waals surface area contributed by atoms with Crippen LogP contribution >= 0.6 is 11.8 Å². The summed E-state index contributed by atoms with van der Waals surface area (Å²) in [5, 5.41) is 16.8. The van der Waals surface area contributed by atoms with Gasteiger partial charge in [-0.25, -0.2) is 9.79 Å². The number of nitro benzene ring substituents is 1. The van der Waals surface area contributed by atoms with Gasteiger partial charge in [-0.2, -0.15) is 0 Å². The fourth-order valence-electron chi connectivity index (χ4n) is 4.93. The monoisotopic (exact) mass is 577 g/mol. The second-order valence-corrected chi connectivity index (χ2v) is 10.6. The molecule has 1 saturated heterocycles. The molecular formula is C29H31N5O6S. The average Bonchev–Trinajstić information content (AvgIpc) is 3.37. The van der Waals surface area contributed by atoms with Crippen LogP contribution in [-0.2, 0) is 25.7 Å². The first-order valence-corrected chi connectivity index (χ1v) is 14.3. The maximum atomic E-state index is 13.5. The maximum absolute atomic E-state index is 13.5. The minimum absolute atomic E-state index is 0.0569. The molecule has 12 heteroatoms. The molecule has 0 radical (unpaired) electrons. The number of morpholine rings is 1. The molecule has 3 aliphatic heterocycles. The summed E-state index contributed by atoms with van der Waals surface area (Å²) in [7, 11) is 0. The highest BCUT2D eigenvalue weighted by Gasteiger charge is 2.41. The van der Waals surface area contributed by atoms with Crippen molar-refractivity contribution in [3.05, 3.63) is 98.2 Å². The number of nitrogens with zero attached hydrogens (tertiary/aromatic N) is 4. The molecule has 1 fully saturated rings. The molecule has 3 aliphatic rings. The van der Waals surface area contributed by atoms with Gasteiger partial charge in [-0.3, -0.25) is 19.8 Å². The topological polar surface area (TPSA) is 127 Å². The first-order chi connectivity index (χ1) is 19.9. The molecule has 3 heterocycles. The van der Waals surface area contributed by atoms with E-state index in [-0.39, 0.29) is 24.6 Å². The van der Waals surface area contributed by atoms with Crippen LogP contribution in [0, 0.1) is 10.1 Å². The Labute approximate surface area is 242 Å². The number of thioether (sulfide) groups is 1. The molecule has 1 N–H and O–H groups in total. The lowest BCUT2D eigenvalue weighted by Gasteiger charge is -2.36. The fourth-order valence-corrected chi connectivity index (χ4v) is 5.89. The number of hydrogen-bond donors (Lipinski definition) is 1. The normalized spacial score (nSPS) is 18.9. The molecule has 214 valence electrons. The molecular weight excluding hydrogens is 546 g/mol. The Hall–Kier alpha value is -4.00. The van der Waals surface area contributed by atoms with Crippen LogP contribution in [0.5, 0.6) is 0 Å². The molecule has 0 spiro atoms. The largest absolute Gasteiger partial charge is 0.457 e. The van der Waals surface area contributed by atoms with Crippen molar-refractivity contribution in [2.24, 2.45) is 4.99 Å². The number of nitro groups is 1. The van der Waals surface area contributed by atoms with Crippen molar-refractivity contribution in [2.75, 3.05) is 39.4 Å². The number of hydrogen-bond acceptors (Lipinski definition) is 10. The molecule has 0 aliphatic carbocycles. The molecule has 2 aromatic rings. The molecule has 5 rings (SSSR count). The number of non-ortho nitro benzene ring substituents is 1. The average molecular weight is 578 g/mol. The Morgan fingerprint density at radius 1 is 1.15 bits per heavy atom. The van der Waals surface area contributed by atoms with E-state index in [1.807, 2.05) is 40.6 Å². The van der Waals surface area contributed by atoms with Crippen molar-refractivity contribution in [2.45, 2.75) is 26.0 Å². The van der Waals surface area contributed by atoms with E-state index in [9.17, 15) is 19.7 Å². The Balaban J connectivity index is 1.36. The predicted octanol–water partition coefficient (Wildman–Crippen LogP) is 3.75. The number of rotatable bonds is 10. The van der Waals surface area contributed by atoms with Crippen LogP contribution in [0.2, 0.25) is 0 Å². The number of aliphatic imine (C=N–C) groups is 1. The van der Waals surface area contributed by atoms with E-state index in [2.05, 4.69) is 15.2 Å². The molecule has 1 unspecified atom stereocenters. The fraction of sp³-hybridized carbons (Fsp3) is 0.345. The lowest BCUT2D eigenvalue weighted by atomic mass is 9.93. The molecule has 1 atom stereocenters. The van der Waals surface area contributed by atoms with E-state index in [0.717, 1.165) is 25.2 Å². The van der Waals surface area contributed by atoms with Crippen molar-refractivity contribution in [3.63, 3.8) is 0 Å². The zero-order valence-corrected chi connectivity index (χ0v) is 23.5. The van der Waals surface area contributed by atoms with Crippen molar-refractivity contribution in [1.82, 2.24) is 15.1 Å². The number of fused-ring (bicyclic) bond motifs is 1. The van der Waals surface area contributed by atoms with Crippen LogP contribution in [0.4, 0.5) is 5.69 Å². The van der Waals surface area contributed by atoms with Gasteiger partial charge in [0, 0.05) is 44.0 Å². The minimum Gasteiger partial charge on any atom is -0.457 e. The smallest absolute Gasteiger partial charge is 0.338 e. The first kappa shape index (κ1) is 28.5. The van der Waals surface area contributed by atoms with E-state index >= 15 is 0 Å². The van der Waals surface area contributed by atoms with Crippen molar-refractivity contribution >= 4 is 34.5 Å². The van der Waals surface area contributed by atoms with Gasteiger partial charge in [-0.1, -0.05) is 42.1 Å². The van der Waals surface area contributed by atoms with Crippen LogP contribution in [0.1, 0.15) is 30.5 Å². The number of carbonyl (C=O) groups excluding carboxylic acids is 2. The highest BCUT2D eigenvalue weighted by atomic mass is 32.2. The van der Waals surface area contributed by atoms with Gasteiger partial charge in [0.25, 0.3) is 5.69 Å². The van der Waals surface area contributed by atoms with Gasteiger partial charge in [0.2, 0.25) is 5.91 Å². The van der Waals surface area contributed by atoms with E-state index in [4.69, 9.17) is 9.47 Å². The summed E-state index contributed by atoms with van der Waals surface area (Å²) in [5.41, 5.74) is 2.93. The van der Waals surface area contributed by atoms with Crippen LogP contribution in [0.3, 0.4) is 0 Å². The standard InChI is InChI=1S/C29H31N5O6S/c1-20-26(28(36)40-18-21-5-3-2-4-6-21)27(22-7-9-23(10-8-22)34(37)38)33-24(19-41-29(33)31-20)17-25(35)30-11-12-32-13-15-39-16-14-32/h2-10,19,27H,11-18H2,1H3,(H,30,35). The Morgan fingerprint density at radius 2 is 1.88 bits per heavy atom. The molecule has 0 saturated carbocycles. The maximum Gasteiger partial charge on any atom is 0.338 e. The third kappa shape index (κ3) is 6.84. The van der Waals surface area contributed by atoms with Crippen LogP contribution in [0.15, 0.2) is 82.0 Å². The number of amides is 1. The number of carbonyl (C=O) groups is 2. The van der Waals surface area contributed by atoms with Gasteiger partial charge in [0.05, 0.1) is 41.9 Å². The van der Waals surface area contributed by atoms with Crippen LogP contribution < -0.4 is 5.32 Å². The van der Waals surface area contributed by atoms with Crippen LogP contribution in [-0.4, -0.2) is 71.2 Å². The van der Waals surface area contributed by atoms with Crippen molar-refractivity contribution in [1.29, 1.82) is 0 Å². The molecule has 11 nitrogen and oxygen atoms in total. The summed E-state index contributed by atoms with van der Waals surface area (Å²) in [4.78, 5) is 46.1. The molecule has 41 heavy (non-hydrogen) atoms. The number of benzene rings is 2. The summed E-state index contributed by atoms with van der Waals surface area (Å²) < 4.78 is 11.1. The van der Waals surface area contributed by atoms with Gasteiger partial charge >= 0.3 is 5.97 Å². The number of ether oxygens (including phenoxy) is 2. The summed E-state index contributed by atoms with van der Waals surface area (Å²) in [6.45, 7) is 6.17. The Bertz CT molecular complexity index is 1390. The third-order valence-electron chi connectivity index (χ3n) is 7.05. The van der Waals surface area contributed by atoms with Gasteiger partial charge in [0.15, 0.2) is 5.17 Å². The molecule has 2 aromatic carbocycles. The number of nitrogens with one attached hydrogen (secondary N) is 1. The van der Waals surface area contributed by atoms with E-state index in [1.54, 1.807) is 19.1 Å². The second-order valence-electron chi connectivity index (χ2n) is 9.78. The van der Waals surface area contributed by atoms with Crippen LogP contribution in [0.25, 0.3) is 0 Å². The number of amidine groups is 1. The number of esters is 1. The highest BCUT2D eigenvalue weighted by molar-refractivity contribution is 8.16. The van der Waals surface area contributed by atoms with Crippen molar-refractivity contribution in [3.8, 4) is 0 Å². The van der Waals surface area contributed by atoms with Gasteiger partial charge < -0.3 is 19.7 Å². The predicted molar refractivity (Wildman–Crippen MR) is 155 cm³/mol. The van der Waals surface area contributed by atoms with Crippen molar-refractivity contribution < 1.29 is 24.0 Å². The van der Waals surface area contributed by atoms with Gasteiger partial charge in [-0.15, -0.1) is 0 Å². The van der Waals surface area contributed by atoms with Gasteiger partial charge in [-0.05, 0) is 35.6 Å². The molecule has 0 aromatic heterocycles. The van der Waals surface area contributed by atoms with E-state index in [0.29, 0.717) is 47.5 Å².